The first-order valence-corrected chi connectivity index (χ1v) is 4.16. The zero-order valence-electron chi connectivity index (χ0n) is 8.02. The summed E-state index contributed by atoms with van der Waals surface area (Å²) in [7, 11) is 0. The predicted octanol–water partition coefficient (Wildman–Crippen LogP) is 2.97. The molecule has 1 nitrogen and oxygen atoms in total. The van der Waals surface area contributed by atoms with Crippen LogP contribution in [0, 0.1) is 0 Å². The van der Waals surface area contributed by atoms with Crippen LogP contribution in [0.25, 0.3) is 0 Å². The summed E-state index contributed by atoms with van der Waals surface area (Å²) in [6.45, 7) is 5.27. The van der Waals surface area contributed by atoms with E-state index in [1.165, 1.54) is 5.57 Å². The highest BCUT2D eigenvalue weighted by Crippen LogP contribution is 2.12. The van der Waals surface area contributed by atoms with E-state index in [9.17, 15) is 4.39 Å². The van der Waals surface area contributed by atoms with Crippen molar-refractivity contribution in [1.82, 2.24) is 0 Å². The SMILES string of the molecule is CC(C)=CCC/C(C)=C(/F)CO. The van der Waals surface area contributed by atoms with E-state index in [1.54, 1.807) is 6.92 Å². The van der Waals surface area contributed by atoms with Crippen molar-refractivity contribution in [1.29, 1.82) is 0 Å². The van der Waals surface area contributed by atoms with Gasteiger partial charge in [-0.15, -0.1) is 0 Å². The Balaban J connectivity index is 3.86. The lowest BCUT2D eigenvalue weighted by Crippen LogP contribution is -1.88. The van der Waals surface area contributed by atoms with Gasteiger partial charge in [0.2, 0.25) is 0 Å². The van der Waals surface area contributed by atoms with Gasteiger partial charge in [-0.25, -0.2) is 4.39 Å². The van der Waals surface area contributed by atoms with Crippen LogP contribution < -0.4 is 0 Å². The van der Waals surface area contributed by atoms with E-state index in [4.69, 9.17) is 5.11 Å². The van der Waals surface area contributed by atoms with E-state index < -0.39 is 12.4 Å². The Kier molecular flexibility index (Phi) is 5.64. The van der Waals surface area contributed by atoms with Gasteiger partial charge in [-0.2, -0.15) is 0 Å². The molecule has 0 bridgehead atoms. The van der Waals surface area contributed by atoms with Gasteiger partial charge in [-0.1, -0.05) is 11.6 Å². The molecule has 0 saturated heterocycles. The van der Waals surface area contributed by atoms with Crippen molar-refractivity contribution in [3.63, 3.8) is 0 Å². The van der Waals surface area contributed by atoms with Crippen LogP contribution in [0.4, 0.5) is 4.39 Å². The molecule has 0 amide bonds. The zero-order chi connectivity index (χ0) is 9.56. The normalized spacial score (nSPS) is 12.4. The van der Waals surface area contributed by atoms with Crippen molar-refractivity contribution in [3.05, 3.63) is 23.0 Å². The minimum Gasteiger partial charge on any atom is -0.389 e. The fourth-order valence-electron chi connectivity index (χ4n) is 0.848. The van der Waals surface area contributed by atoms with Crippen LogP contribution in [0.15, 0.2) is 23.0 Å². The Labute approximate surface area is 73.6 Å². The van der Waals surface area contributed by atoms with Crippen molar-refractivity contribution in [2.24, 2.45) is 0 Å². The maximum absolute atomic E-state index is 12.7. The summed E-state index contributed by atoms with van der Waals surface area (Å²) < 4.78 is 12.7. The summed E-state index contributed by atoms with van der Waals surface area (Å²) in [5, 5.41) is 8.47. The van der Waals surface area contributed by atoms with Crippen molar-refractivity contribution in [3.8, 4) is 0 Å². The average Bonchev–Trinajstić information content (AvgIpc) is 2.02. The molecule has 0 aliphatic rings. The van der Waals surface area contributed by atoms with E-state index in [-0.39, 0.29) is 0 Å². The van der Waals surface area contributed by atoms with Crippen LogP contribution in [0.3, 0.4) is 0 Å². The van der Waals surface area contributed by atoms with Gasteiger partial charge in [0.15, 0.2) is 0 Å². The first kappa shape index (κ1) is 11.4. The molecule has 0 saturated carbocycles. The van der Waals surface area contributed by atoms with Gasteiger partial charge in [0.1, 0.15) is 5.83 Å². The van der Waals surface area contributed by atoms with Crippen molar-refractivity contribution >= 4 is 0 Å². The van der Waals surface area contributed by atoms with Gasteiger partial charge in [0.25, 0.3) is 0 Å². The molecule has 0 aromatic rings. The van der Waals surface area contributed by atoms with Crippen molar-refractivity contribution in [2.75, 3.05) is 6.61 Å². The second-order valence-electron chi connectivity index (χ2n) is 3.16. The lowest BCUT2D eigenvalue weighted by molar-refractivity contribution is 0.295. The highest BCUT2D eigenvalue weighted by Gasteiger charge is 1.97. The van der Waals surface area contributed by atoms with E-state index in [0.717, 1.165) is 6.42 Å². The number of rotatable bonds is 4. The molecule has 1 N–H and O–H groups in total. The van der Waals surface area contributed by atoms with Gasteiger partial charge >= 0.3 is 0 Å². The molecule has 0 aliphatic carbocycles. The van der Waals surface area contributed by atoms with Crippen LogP contribution in [0.5, 0.6) is 0 Å². The molecule has 0 atom stereocenters. The fourth-order valence-corrected chi connectivity index (χ4v) is 0.848. The second-order valence-corrected chi connectivity index (χ2v) is 3.16. The fraction of sp³-hybridized carbons (Fsp3) is 0.600. The number of aliphatic hydroxyl groups is 1. The zero-order valence-corrected chi connectivity index (χ0v) is 8.02. The molecule has 0 fully saturated rings. The summed E-state index contributed by atoms with van der Waals surface area (Å²) >= 11 is 0. The third-order valence-electron chi connectivity index (χ3n) is 1.67. The highest BCUT2D eigenvalue weighted by atomic mass is 19.1. The van der Waals surface area contributed by atoms with Gasteiger partial charge in [-0.05, 0) is 39.2 Å². The molecular weight excluding hydrogens is 155 g/mol. The summed E-state index contributed by atoms with van der Waals surface area (Å²) in [5.41, 5.74) is 1.89. The van der Waals surface area contributed by atoms with E-state index in [2.05, 4.69) is 6.08 Å². The van der Waals surface area contributed by atoms with Gasteiger partial charge in [-0.3, -0.25) is 0 Å². The molecular formula is C10H17FO. The van der Waals surface area contributed by atoms with Gasteiger partial charge in [0, 0.05) is 0 Å². The van der Waals surface area contributed by atoms with Crippen LogP contribution in [-0.2, 0) is 0 Å². The summed E-state index contributed by atoms with van der Waals surface area (Å²) in [4.78, 5) is 0. The van der Waals surface area contributed by atoms with Crippen LogP contribution in [0.1, 0.15) is 33.6 Å². The third kappa shape index (κ3) is 5.08. The predicted molar refractivity (Wildman–Crippen MR) is 49.6 cm³/mol. The maximum atomic E-state index is 12.7. The molecule has 0 heterocycles. The molecule has 0 radical (unpaired) electrons. The number of hydrogen-bond donors (Lipinski definition) is 1. The van der Waals surface area contributed by atoms with E-state index in [0.29, 0.717) is 12.0 Å². The maximum Gasteiger partial charge on any atom is 0.124 e. The topological polar surface area (TPSA) is 20.2 Å². The molecule has 0 aromatic carbocycles. The molecule has 0 aromatic heterocycles. The number of halogens is 1. The molecule has 0 unspecified atom stereocenters. The quantitative estimate of drug-likeness (QED) is 0.646. The van der Waals surface area contributed by atoms with Gasteiger partial charge in [0.05, 0.1) is 6.61 Å². The Hall–Kier alpha value is -0.630. The van der Waals surface area contributed by atoms with E-state index in [1.807, 2.05) is 13.8 Å². The number of aliphatic hydroxyl groups excluding tert-OH is 1. The Morgan fingerprint density at radius 1 is 1.33 bits per heavy atom. The number of hydrogen-bond acceptors (Lipinski definition) is 1. The van der Waals surface area contributed by atoms with Crippen LogP contribution in [-0.4, -0.2) is 11.7 Å². The molecule has 0 aliphatic heterocycles. The summed E-state index contributed by atoms with van der Waals surface area (Å²) in [6, 6.07) is 0. The minimum absolute atomic E-state index is 0.392. The van der Waals surface area contributed by atoms with Gasteiger partial charge < -0.3 is 5.11 Å². The van der Waals surface area contributed by atoms with E-state index >= 15 is 0 Å². The molecule has 70 valence electrons. The van der Waals surface area contributed by atoms with Crippen molar-refractivity contribution in [2.45, 2.75) is 33.6 Å². The number of allylic oxidation sites excluding steroid dienone is 3. The minimum atomic E-state index is -0.472. The second kappa shape index (κ2) is 5.95. The van der Waals surface area contributed by atoms with Crippen molar-refractivity contribution < 1.29 is 9.50 Å². The summed E-state index contributed by atoms with van der Waals surface area (Å²) in [5.74, 6) is -0.392. The van der Waals surface area contributed by atoms with Crippen LogP contribution in [0.2, 0.25) is 0 Å². The monoisotopic (exact) mass is 172 g/mol. The lowest BCUT2D eigenvalue weighted by Gasteiger charge is -1.99. The standard InChI is InChI=1S/C10H17FO/c1-8(2)5-4-6-9(3)10(11)7-12/h5,12H,4,6-7H2,1-3H3/b10-9+. The third-order valence-corrected chi connectivity index (χ3v) is 1.67. The Bertz CT molecular complexity index is 188. The molecule has 2 heteroatoms. The first-order valence-electron chi connectivity index (χ1n) is 4.16. The highest BCUT2D eigenvalue weighted by molar-refractivity contribution is 5.06. The largest absolute Gasteiger partial charge is 0.389 e. The molecule has 12 heavy (non-hydrogen) atoms. The lowest BCUT2D eigenvalue weighted by atomic mass is 10.1. The Morgan fingerprint density at radius 3 is 2.33 bits per heavy atom. The molecule has 0 spiro atoms. The smallest absolute Gasteiger partial charge is 0.124 e. The Morgan fingerprint density at radius 2 is 1.92 bits per heavy atom. The average molecular weight is 172 g/mol. The van der Waals surface area contributed by atoms with Crippen LogP contribution >= 0.6 is 0 Å². The molecule has 0 rings (SSSR count). The first-order chi connectivity index (χ1) is 5.57. The summed E-state index contributed by atoms with van der Waals surface area (Å²) in [6.07, 6.45) is 3.60.